The van der Waals surface area contributed by atoms with Gasteiger partial charge in [0.1, 0.15) is 46.4 Å². The van der Waals surface area contributed by atoms with Gasteiger partial charge in [0, 0.05) is 126 Å². The van der Waals surface area contributed by atoms with E-state index in [1.165, 1.54) is 0 Å². The Morgan fingerprint density at radius 3 is 1.46 bits per heavy atom. The lowest BCUT2D eigenvalue weighted by atomic mass is 9.99. The van der Waals surface area contributed by atoms with Crippen LogP contribution in [0, 0.1) is 41.5 Å². The Hall–Kier alpha value is -7.36. The fraction of sp³-hybridized carbons (Fsp3) is 0.192. The number of hydrogen-bond donors (Lipinski definition) is 4. The van der Waals surface area contributed by atoms with E-state index in [1.807, 2.05) is 121 Å². The third-order valence-electron chi connectivity index (χ3n) is 11.7. The topological polar surface area (TPSA) is 194 Å². The molecule has 11 aromatic rings. The highest BCUT2D eigenvalue weighted by molar-refractivity contribution is 6.31. The van der Waals surface area contributed by atoms with E-state index >= 15 is 0 Å². The van der Waals surface area contributed by atoms with Crippen LogP contribution in [-0.4, -0.2) is 57.6 Å². The molecule has 2 unspecified atom stereocenters. The minimum atomic E-state index is -0.843. The maximum absolute atomic E-state index is 10.8. The van der Waals surface area contributed by atoms with Crippen molar-refractivity contribution in [1.82, 2.24) is 45.4 Å². The summed E-state index contributed by atoms with van der Waals surface area (Å²) in [5, 5.41) is 26.9. The number of aryl methyl sites for hydroxylation is 6. The molecule has 9 aromatic heterocycles. The average Bonchev–Trinajstić information content (AvgIpc) is 4.21. The zero-order valence-corrected chi connectivity index (χ0v) is 39.1. The van der Waals surface area contributed by atoms with Gasteiger partial charge < -0.3 is 38.4 Å². The lowest BCUT2D eigenvalue weighted by Gasteiger charge is -2.16. The molecule has 346 valence electrons. The Labute approximate surface area is 401 Å². The van der Waals surface area contributed by atoms with Gasteiger partial charge in [0.25, 0.3) is 0 Å². The van der Waals surface area contributed by atoms with Gasteiger partial charge in [0.05, 0.1) is 17.1 Å². The Morgan fingerprint density at radius 1 is 0.544 bits per heavy atom. The van der Waals surface area contributed by atoms with E-state index in [4.69, 9.17) is 41.5 Å². The van der Waals surface area contributed by atoms with Crippen LogP contribution in [0.1, 0.15) is 76.3 Å². The SMILES string of the molecule is C.COC(c1ccccc1Cl)c1c[nH]c2ncc(-c3c(C)noc3C)cc12.Cc1noc(C)c1-c1cnc2[nH]cc(C(O)c3ccccc3Cl)c2c1.Cc1noc(C)c1-c1cnc2[nH]ccc2c1. The molecule has 0 aliphatic rings. The minimum Gasteiger partial charge on any atom is -0.384 e. The molecule has 2 atom stereocenters. The number of H-pyrrole nitrogens is 3. The molecule has 14 nitrogen and oxygen atoms in total. The number of aromatic amines is 3. The number of halogens is 2. The summed E-state index contributed by atoms with van der Waals surface area (Å²) in [7, 11) is 1.68. The molecule has 0 bridgehead atoms. The van der Waals surface area contributed by atoms with E-state index in [0.717, 1.165) is 112 Å². The zero-order valence-electron chi connectivity index (χ0n) is 37.6. The first kappa shape index (κ1) is 47.1. The predicted molar refractivity (Wildman–Crippen MR) is 266 cm³/mol. The first-order valence-electron chi connectivity index (χ1n) is 21.3. The Morgan fingerprint density at radius 2 is 0.985 bits per heavy atom. The Kier molecular flexibility index (Phi) is 13.8. The van der Waals surface area contributed by atoms with Crippen LogP contribution in [0.2, 0.25) is 10.0 Å². The number of benzene rings is 2. The number of nitrogens with one attached hydrogen (secondary N) is 3. The molecule has 2 aromatic carbocycles. The lowest BCUT2D eigenvalue weighted by Crippen LogP contribution is -2.03. The van der Waals surface area contributed by atoms with Gasteiger partial charge in [0.2, 0.25) is 0 Å². The van der Waals surface area contributed by atoms with Crippen molar-refractivity contribution in [2.45, 2.75) is 61.2 Å². The molecule has 4 N–H and O–H groups in total. The second kappa shape index (κ2) is 19.9. The average molecular weight is 951 g/mol. The maximum atomic E-state index is 10.8. The number of hydrogen-bond acceptors (Lipinski definition) is 11. The molecule has 0 fully saturated rings. The highest BCUT2D eigenvalue weighted by Gasteiger charge is 2.23. The monoisotopic (exact) mass is 949 g/mol. The second-order valence-electron chi connectivity index (χ2n) is 16.0. The van der Waals surface area contributed by atoms with Crippen LogP contribution in [0.4, 0.5) is 0 Å². The molecule has 11 rings (SSSR count). The standard InChI is InChI=1S/C20H18ClN3O2.C19H16ClN3O2.C12H11N3O.CH4/c1-11-18(12(2)26-24-11)13-8-15-16(10-23-20(15)22-9-13)19(25-3)14-6-4-5-7-17(14)21;1-10-17(11(2)25-23-10)12-7-14-15(9-22-19(14)21-8-12)18(24)13-5-3-4-6-16(13)20;1-7-11(8(2)16-15-7)10-5-9-3-4-13-12(9)14-6-10;/h4-10,19H,1-3H3,(H,22,23);3-9,18,24H,1-2H3,(H,21,22);3-6H,1-2H3,(H,13,14);1H4. The third-order valence-corrected chi connectivity index (χ3v) is 12.4. The van der Waals surface area contributed by atoms with Crippen LogP contribution in [0.15, 0.2) is 124 Å². The Balaban J connectivity index is 0.000000141. The smallest absolute Gasteiger partial charge is 0.141 e. The van der Waals surface area contributed by atoms with Gasteiger partial charge >= 0.3 is 0 Å². The first-order chi connectivity index (χ1) is 32.4. The summed E-state index contributed by atoms with van der Waals surface area (Å²) in [6, 6.07) is 23.1. The lowest BCUT2D eigenvalue weighted by molar-refractivity contribution is 0.137. The molecular weight excluding hydrogens is 902 g/mol. The van der Waals surface area contributed by atoms with Gasteiger partial charge in [-0.3, -0.25) is 0 Å². The van der Waals surface area contributed by atoms with Crippen LogP contribution in [-0.2, 0) is 4.74 Å². The number of aliphatic hydroxyl groups is 1. The van der Waals surface area contributed by atoms with Crippen molar-refractivity contribution in [2.75, 3.05) is 7.11 Å². The molecular formula is C52H49Cl2N9O5. The summed E-state index contributed by atoms with van der Waals surface area (Å²) < 4.78 is 21.5. The van der Waals surface area contributed by atoms with E-state index in [0.29, 0.717) is 21.3 Å². The molecule has 0 aliphatic heterocycles. The molecule has 0 amide bonds. The molecule has 9 heterocycles. The molecule has 0 saturated carbocycles. The molecule has 0 saturated heterocycles. The van der Waals surface area contributed by atoms with Gasteiger partial charge in [-0.25, -0.2) is 15.0 Å². The van der Waals surface area contributed by atoms with Crippen LogP contribution in [0.25, 0.3) is 66.5 Å². The van der Waals surface area contributed by atoms with Gasteiger partial charge in [0.15, 0.2) is 0 Å². The number of aliphatic hydroxyl groups excluding tert-OH is 1. The first-order valence-corrected chi connectivity index (χ1v) is 22.0. The largest absolute Gasteiger partial charge is 0.384 e. The quantitative estimate of drug-likeness (QED) is 0.113. The van der Waals surface area contributed by atoms with Crippen molar-refractivity contribution in [3.05, 3.63) is 177 Å². The van der Waals surface area contributed by atoms with E-state index < -0.39 is 6.10 Å². The van der Waals surface area contributed by atoms with Gasteiger partial charge in [-0.2, -0.15) is 0 Å². The fourth-order valence-corrected chi connectivity index (χ4v) is 8.97. The van der Waals surface area contributed by atoms with Crippen molar-refractivity contribution in [1.29, 1.82) is 0 Å². The Bertz CT molecular complexity index is 3470. The molecule has 0 aliphatic carbocycles. The third kappa shape index (κ3) is 9.06. The van der Waals surface area contributed by atoms with Gasteiger partial charge in [-0.1, -0.05) is 82.5 Å². The van der Waals surface area contributed by atoms with Crippen molar-refractivity contribution in [3.8, 4) is 33.4 Å². The number of methoxy groups -OCH3 is 1. The summed E-state index contributed by atoms with van der Waals surface area (Å²) in [6.07, 6.45) is 9.88. The van der Waals surface area contributed by atoms with Crippen molar-refractivity contribution >= 4 is 56.3 Å². The van der Waals surface area contributed by atoms with Crippen molar-refractivity contribution in [2.24, 2.45) is 0 Å². The molecule has 68 heavy (non-hydrogen) atoms. The van der Waals surface area contributed by atoms with E-state index in [2.05, 4.69) is 57.5 Å². The van der Waals surface area contributed by atoms with Crippen molar-refractivity contribution in [3.63, 3.8) is 0 Å². The van der Waals surface area contributed by atoms with Crippen molar-refractivity contribution < 1.29 is 23.4 Å². The summed E-state index contributed by atoms with van der Waals surface area (Å²) in [6.45, 7) is 11.4. The summed E-state index contributed by atoms with van der Waals surface area (Å²) in [5.41, 5.74) is 14.1. The number of ether oxygens (including phenoxy) is 1. The predicted octanol–water partition coefficient (Wildman–Crippen LogP) is 13.3. The molecule has 16 heteroatoms. The van der Waals surface area contributed by atoms with Gasteiger partial charge in [-0.05, 0) is 77.9 Å². The second-order valence-corrected chi connectivity index (χ2v) is 16.8. The summed E-state index contributed by atoms with van der Waals surface area (Å²) in [4.78, 5) is 22.8. The highest BCUT2D eigenvalue weighted by Crippen LogP contribution is 2.38. The number of fused-ring (bicyclic) bond motifs is 3. The maximum Gasteiger partial charge on any atom is 0.141 e. The highest BCUT2D eigenvalue weighted by atomic mass is 35.5. The fourth-order valence-electron chi connectivity index (χ4n) is 8.50. The number of rotatable bonds is 8. The van der Waals surface area contributed by atoms with E-state index in [9.17, 15) is 5.11 Å². The minimum absolute atomic E-state index is 0. The van der Waals surface area contributed by atoms with Gasteiger partial charge in [-0.15, -0.1) is 0 Å². The molecule has 0 radical (unpaired) electrons. The zero-order chi connectivity index (χ0) is 46.9. The van der Waals surface area contributed by atoms with E-state index in [1.54, 1.807) is 25.6 Å². The summed E-state index contributed by atoms with van der Waals surface area (Å²) >= 11 is 12.6. The van der Waals surface area contributed by atoms with Crippen LogP contribution >= 0.6 is 23.2 Å². The van der Waals surface area contributed by atoms with Crippen LogP contribution in [0.5, 0.6) is 0 Å². The van der Waals surface area contributed by atoms with Crippen LogP contribution in [0.3, 0.4) is 0 Å². The van der Waals surface area contributed by atoms with Crippen LogP contribution < -0.4 is 0 Å². The normalized spacial score (nSPS) is 12.1. The van der Waals surface area contributed by atoms with E-state index in [-0.39, 0.29) is 13.5 Å². The number of pyridine rings is 3. The number of aromatic nitrogens is 9. The molecule has 0 spiro atoms. The summed E-state index contributed by atoms with van der Waals surface area (Å²) in [5.74, 6) is 2.34. The number of nitrogens with zero attached hydrogens (tertiary/aromatic N) is 6.